The summed E-state index contributed by atoms with van der Waals surface area (Å²) in [6, 6.07) is 0. The molecule has 2 unspecified atom stereocenters. The Hall–Kier alpha value is 0. The Morgan fingerprint density at radius 1 is 1.00 bits per heavy atom. The minimum Gasteiger partial charge on any atom is -0.0654 e. The zero-order valence-electron chi connectivity index (χ0n) is 9.81. The van der Waals surface area contributed by atoms with Crippen molar-refractivity contribution >= 4 is 0 Å². The minimum absolute atomic E-state index is 0.821. The topological polar surface area (TPSA) is 0 Å². The van der Waals surface area contributed by atoms with Crippen LogP contribution in [-0.4, -0.2) is 0 Å². The molecule has 1 radical (unpaired) electrons. The zero-order valence-corrected chi connectivity index (χ0v) is 9.81. The van der Waals surface area contributed by atoms with Crippen molar-refractivity contribution in [2.45, 2.75) is 65.7 Å². The van der Waals surface area contributed by atoms with Gasteiger partial charge in [-0.15, -0.1) is 0 Å². The number of unbranched alkanes of at least 4 members (excludes halogenated alkanes) is 3. The highest BCUT2D eigenvalue weighted by Gasteiger charge is 2.06. The molecular formula is C13H27. The predicted octanol–water partition coefficient (Wildman–Crippen LogP) is 4.84. The van der Waals surface area contributed by atoms with Crippen LogP contribution in [0.4, 0.5) is 0 Å². The van der Waals surface area contributed by atoms with Crippen molar-refractivity contribution in [3.8, 4) is 0 Å². The molecule has 2 atom stereocenters. The van der Waals surface area contributed by atoms with Crippen LogP contribution in [0.1, 0.15) is 65.7 Å². The lowest BCUT2D eigenvalue weighted by atomic mass is 9.91. The second-order valence-corrected chi connectivity index (χ2v) is 4.58. The van der Waals surface area contributed by atoms with E-state index in [0.29, 0.717) is 0 Å². The molecule has 0 aliphatic rings. The Labute approximate surface area is 85.1 Å². The third-order valence-electron chi connectivity index (χ3n) is 2.85. The zero-order chi connectivity index (χ0) is 10.1. The van der Waals surface area contributed by atoms with Gasteiger partial charge in [0.05, 0.1) is 0 Å². The van der Waals surface area contributed by atoms with Gasteiger partial charge in [-0.1, -0.05) is 66.2 Å². The first-order valence-electron chi connectivity index (χ1n) is 5.99. The maximum Gasteiger partial charge on any atom is -0.0440 e. The summed E-state index contributed by atoms with van der Waals surface area (Å²) in [6.07, 6.45) is 9.51. The SMILES string of the molecule is [CH2]CC(C)CC(C)CCCCCC. The predicted molar refractivity (Wildman–Crippen MR) is 61.7 cm³/mol. The highest BCUT2D eigenvalue weighted by molar-refractivity contribution is 4.60. The number of hydrogen-bond donors (Lipinski definition) is 0. The summed E-state index contributed by atoms with van der Waals surface area (Å²) >= 11 is 0. The van der Waals surface area contributed by atoms with Crippen molar-refractivity contribution < 1.29 is 0 Å². The Bertz CT molecular complexity index is 96.2. The Balaban J connectivity index is 3.24. The average Bonchev–Trinajstić information content (AvgIpc) is 2.12. The molecule has 0 N–H and O–H groups in total. The molecular weight excluding hydrogens is 156 g/mol. The van der Waals surface area contributed by atoms with Crippen LogP contribution in [0, 0.1) is 18.8 Å². The van der Waals surface area contributed by atoms with Crippen LogP contribution in [-0.2, 0) is 0 Å². The molecule has 0 nitrogen and oxygen atoms in total. The minimum atomic E-state index is 0.821. The summed E-state index contributed by atoms with van der Waals surface area (Å²) in [5.74, 6) is 1.73. The molecule has 0 rings (SSSR count). The quantitative estimate of drug-likeness (QED) is 0.472. The summed E-state index contributed by atoms with van der Waals surface area (Å²) in [5, 5.41) is 0. The first-order chi connectivity index (χ1) is 6.20. The molecule has 0 fully saturated rings. The van der Waals surface area contributed by atoms with Gasteiger partial charge in [0.1, 0.15) is 0 Å². The van der Waals surface area contributed by atoms with Crippen LogP contribution in [0.5, 0.6) is 0 Å². The molecule has 0 bridgehead atoms. The molecule has 0 aliphatic heterocycles. The summed E-state index contributed by atoms with van der Waals surface area (Å²) < 4.78 is 0. The van der Waals surface area contributed by atoms with Gasteiger partial charge in [-0.05, 0) is 18.3 Å². The molecule has 13 heavy (non-hydrogen) atoms. The largest absolute Gasteiger partial charge is 0.0654 e. The summed E-state index contributed by atoms with van der Waals surface area (Å²) in [5.41, 5.74) is 0. The molecule has 0 heteroatoms. The van der Waals surface area contributed by atoms with Gasteiger partial charge >= 0.3 is 0 Å². The fourth-order valence-corrected chi connectivity index (χ4v) is 1.84. The molecule has 0 amide bonds. The Morgan fingerprint density at radius 2 is 1.69 bits per heavy atom. The van der Waals surface area contributed by atoms with Crippen LogP contribution in [0.15, 0.2) is 0 Å². The van der Waals surface area contributed by atoms with Crippen molar-refractivity contribution in [3.05, 3.63) is 6.92 Å². The van der Waals surface area contributed by atoms with E-state index in [1.807, 2.05) is 0 Å². The van der Waals surface area contributed by atoms with E-state index in [4.69, 9.17) is 0 Å². The Kier molecular flexibility index (Phi) is 8.59. The highest BCUT2D eigenvalue weighted by Crippen LogP contribution is 2.19. The van der Waals surface area contributed by atoms with Crippen LogP contribution in [0.2, 0.25) is 0 Å². The van der Waals surface area contributed by atoms with E-state index in [-0.39, 0.29) is 0 Å². The normalized spacial score (nSPS) is 15.7. The van der Waals surface area contributed by atoms with Crippen LogP contribution >= 0.6 is 0 Å². The first kappa shape index (κ1) is 13.0. The van der Waals surface area contributed by atoms with Gasteiger partial charge in [-0.2, -0.15) is 0 Å². The van der Waals surface area contributed by atoms with Crippen molar-refractivity contribution in [3.63, 3.8) is 0 Å². The molecule has 0 heterocycles. The summed E-state index contributed by atoms with van der Waals surface area (Å²) in [7, 11) is 0. The monoisotopic (exact) mass is 183 g/mol. The molecule has 0 aromatic heterocycles. The maximum atomic E-state index is 3.95. The smallest absolute Gasteiger partial charge is 0.0440 e. The van der Waals surface area contributed by atoms with E-state index in [0.717, 1.165) is 18.3 Å². The second kappa shape index (κ2) is 8.59. The second-order valence-electron chi connectivity index (χ2n) is 4.58. The molecule has 0 saturated carbocycles. The molecule has 79 valence electrons. The third-order valence-corrected chi connectivity index (χ3v) is 2.85. The maximum absolute atomic E-state index is 3.95. The fourth-order valence-electron chi connectivity index (χ4n) is 1.84. The molecule has 0 saturated heterocycles. The molecule has 0 aromatic rings. The van der Waals surface area contributed by atoms with Crippen LogP contribution in [0.25, 0.3) is 0 Å². The van der Waals surface area contributed by atoms with E-state index in [9.17, 15) is 0 Å². The average molecular weight is 183 g/mol. The Morgan fingerprint density at radius 3 is 2.23 bits per heavy atom. The lowest BCUT2D eigenvalue weighted by molar-refractivity contribution is 0.383. The summed E-state index contributed by atoms with van der Waals surface area (Å²) in [6.45, 7) is 10.9. The highest BCUT2D eigenvalue weighted by atomic mass is 14.1. The van der Waals surface area contributed by atoms with Gasteiger partial charge in [0.2, 0.25) is 0 Å². The molecule has 0 spiro atoms. The lowest BCUT2D eigenvalue weighted by Crippen LogP contribution is -2.02. The van der Waals surface area contributed by atoms with Gasteiger partial charge in [0.15, 0.2) is 0 Å². The number of hydrogen-bond acceptors (Lipinski definition) is 0. The van der Waals surface area contributed by atoms with Gasteiger partial charge < -0.3 is 0 Å². The van der Waals surface area contributed by atoms with Crippen LogP contribution in [0.3, 0.4) is 0 Å². The number of rotatable bonds is 8. The van der Waals surface area contributed by atoms with E-state index >= 15 is 0 Å². The molecule has 0 aromatic carbocycles. The van der Waals surface area contributed by atoms with Crippen molar-refractivity contribution in [2.75, 3.05) is 0 Å². The van der Waals surface area contributed by atoms with Gasteiger partial charge in [-0.25, -0.2) is 0 Å². The summed E-state index contributed by atoms with van der Waals surface area (Å²) in [4.78, 5) is 0. The van der Waals surface area contributed by atoms with Crippen molar-refractivity contribution in [1.29, 1.82) is 0 Å². The first-order valence-corrected chi connectivity index (χ1v) is 5.99. The lowest BCUT2D eigenvalue weighted by Gasteiger charge is -2.15. The van der Waals surface area contributed by atoms with E-state index in [1.54, 1.807) is 0 Å². The van der Waals surface area contributed by atoms with E-state index in [2.05, 4.69) is 27.7 Å². The van der Waals surface area contributed by atoms with E-state index < -0.39 is 0 Å². The van der Waals surface area contributed by atoms with Gasteiger partial charge in [0.25, 0.3) is 0 Å². The standard InChI is InChI=1S/C13H27/c1-5-7-8-9-10-13(4)11-12(3)6-2/h12-13H,2,5-11H2,1,3-4H3. The van der Waals surface area contributed by atoms with Crippen molar-refractivity contribution in [1.82, 2.24) is 0 Å². The third kappa shape index (κ3) is 8.33. The van der Waals surface area contributed by atoms with Crippen LogP contribution < -0.4 is 0 Å². The van der Waals surface area contributed by atoms with Gasteiger partial charge in [-0.3, -0.25) is 0 Å². The van der Waals surface area contributed by atoms with Gasteiger partial charge in [0, 0.05) is 0 Å². The van der Waals surface area contributed by atoms with E-state index in [1.165, 1.54) is 38.5 Å². The molecule has 0 aliphatic carbocycles. The fraction of sp³-hybridized carbons (Fsp3) is 0.923. The van der Waals surface area contributed by atoms with Crippen molar-refractivity contribution in [2.24, 2.45) is 11.8 Å².